The lowest BCUT2D eigenvalue weighted by molar-refractivity contribution is -0.0402. The molecule has 0 radical (unpaired) electrons. The fourth-order valence-electron chi connectivity index (χ4n) is 0.882. The first-order valence-corrected chi connectivity index (χ1v) is 4.04. The average Bonchev–Trinajstić information content (AvgIpc) is 1.79. The first kappa shape index (κ1) is 9.29. The van der Waals surface area contributed by atoms with Crippen LogP contribution in [0, 0.1) is 0 Å². The Labute approximate surface area is 71.5 Å². The third-order valence-electron chi connectivity index (χ3n) is 1.57. The summed E-state index contributed by atoms with van der Waals surface area (Å²) in [4.78, 5) is 12.2. The summed E-state index contributed by atoms with van der Waals surface area (Å²) >= 11 is 0. The molecular formula is C8H14FNO2. The third-order valence-corrected chi connectivity index (χ3v) is 1.57. The molecule has 70 valence electrons. The molecule has 1 aliphatic rings. The Morgan fingerprint density at radius 2 is 2.17 bits per heavy atom. The third kappa shape index (κ3) is 2.09. The summed E-state index contributed by atoms with van der Waals surface area (Å²) in [5.41, 5.74) is -0.535. The Kier molecular flexibility index (Phi) is 2.26. The molecule has 3 nitrogen and oxygen atoms in total. The molecule has 1 saturated heterocycles. The number of nitrogens with zero attached hydrogens (tertiary/aromatic N) is 1. The predicted octanol–water partition coefficient (Wildman–Crippen LogP) is 1.92. The zero-order valence-electron chi connectivity index (χ0n) is 7.63. The monoisotopic (exact) mass is 175 g/mol. The highest BCUT2D eigenvalue weighted by Gasteiger charge is 2.34. The number of carbonyl (C=O) groups excluding carboxylic acids is 1. The molecule has 0 aliphatic carbocycles. The molecule has 4 heteroatoms. The van der Waals surface area contributed by atoms with Crippen molar-refractivity contribution in [2.45, 2.75) is 39.1 Å². The molecule has 1 unspecified atom stereocenters. The van der Waals surface area contributed by atoms with Crippen LogP contribution < -0.4 is 0 Å². The van der Waals surface area contributed by atoms with Crippen LogP contribution in [0.5, 0.6) is 0 Å². The van der Waals surface area contributed by atoms with Crippen molar-refractivity contribution in [3.8, 4) is 0 Å². The summed E-state index contributed by atoms with van der Waals surface area (Å²) < 4.78 is 17.6. The minimum absolute atomic E-state index is 0.430. The minimum Gasteiger partial charge on any atom is -0.444 e. The standard InChI is InChI=1S/C8H14FNO2/c1-8(2,3)12-7(11)10-5-4-6(10)9/h6H,4-5H2,1-3H3. The van der Waals surface area contributed by atoms with Crippen molar-refractivity contribution >= 4 is 6.09 Å². The van der Waals surface area contributed by atoms with E-state index >= 15 is 0 Å². The van der Waals surface area contributed by atoms with Crippen LogP contribution >= 0.6 is 0 Å². The zero-order valence-corrected chi connectivity index (χ0v) is 7.63. The molecule has 1 atom stereocenters. The summed E-state index contributed by atoms with van der Waals surface area (Å²) in [5.74, 6) is 0. The molecule has 1 heterocycles. The van der Waals surface area contributed by atoms with Crippen LogP contribution in [0.4, 0.5) is 9.18 Å². The molecule has 1 fully saturated rings. The topological polar surface area (TPSA) is 29.5 Å². The van der Waals surface area contributed by atoms with E-state index in [0.717, 1.165) is 4.90 Å². The number of hydrogen-bond donors (Lipinski definition) is 0. The second-order valence-corrected chi connectivity index (χ2v) is 3.90. The molecule has 1 aliphatic heterocycles. The van der Waals surface area contributed by atoms with Crippen molar-refractivity contribution in [3.63, 3.8) is 0 Å². The first-order chi connectivity index (χ1) is 5.40. The lowest BCUT2D eigenvalue weighted by Crippen LogP contribution is -2.50. The van der Waals surface area contributed by atoms with E-state index in [-0.39, 0.29) is 0 Å². The fraction of sp³-hybridized carbons (Fsp3) is 0.875. The molecule has 0 bridgehead atoms. The Morgan fingerprint density at radius 3 is 2.42 bits per heavy atom. The van der Waals surface area contributed by atoms with Crippen LogP contribution in [0.15, 0.2) is 0 Å². The van der Waals surface area contributed by atoms with Gasteiger partial charge in [-0.05, 0) is 20.8 Å². The Bertz CT molecular complexity index is 188. The van der Waals surface area contributed by atoms with Crippen molar-refractivity contribution < 1.29 is 13.9 Å². The van der Waals surface area contributed by atoms with E-state index in [9.17, 15) is 9.18 Å². The van der Waals surface area contributed by atoms with Gasteiger partial charge in [0.1, 0.15) is 5.60 Å². The summed E-state index contributed by atoms with van der Waals surface area (Å²) in [5, 5.41) is 0. The number of likely N-dealkylation sites (tertiary alicyclic amines) is 1. The highest BCUT2D eigenvalue weighted by atomic mass is 19.1. The second-order valence-electron chi connectivity index (χ2n) is 3.90. The smallest absolute Gasteiger partial charge is 0.412 e. The number of alkyl halides is 1. The highest BCUT2D eigenvalue weighted by Crippen LogP contribution is 2.21. The van der Waals surface area contributed by atoms with Crippen LogP contribution in [0.2, 0.25) is 0 Å². The number of amides is 1. The SMILES string of the molecule is CC(C)(C)OC(=O)N1CCC1F. The van der Waals surface area contributed by atoms with Crippen LogP contribution in [0.25, 0.3) is 0 Å². The van der Waals surface area contributed by atoms with E-state index < -0.39 is 18.0 Å². The second kappa shape index (κ2) is 2.92. The molecule has 1 rings (SSSR count). The van der Waals surface area contributed by atoms with Crippen molar-refractivity contribution in [3.05, 3.63) is 0 Å². The van der Waals surface area contributed by atoms with Crippen LogP contribution in [0.3, 0.4) is 0 Å². The van der Waals surface area contributed by atoms with Crippen molar-refractivity contribution in [2.75, 3.05) is 6.54 Å². The lowest BCUT2D eigenvalue weighted by atomic mass is 10.2. The van der Waals surface area contributed by atoms with E-state index in [1.807, 2.05) is 0 Å². The molecular weight excluding hydrogens is 161 g/mol. The Morgan fingerprint density at radius 1 is 1.58 bits per heavy atom. The fourth-order valence-corrected chi connectivity index (χ4v) is 0.882. The van der Waals surface area contributed by atoms with Crippen LogP contribution in [-0.2, 0) is 4.74 Å². The summed E-state index contributed by atoms with van der Waals surface area (Å²) in [6.45, 7) is 5.75. The normalized spacial score (nSPS) is 23.3. The lowest BCUT2D eigenvalue weighted by Gasteiger charge is -2.36. The maximum Gasteiger partial charge on any atom is 0.412 e. The van der Waals surface area contributed by atoms with Gasteiger partial charge in [0.2, 0.25) is 0 Å². The van der Waals surface area contributed by atoms with Gasteiger partial charge in [0, 0.05) is 13.0 Å². The molecule has 12 heavy (non-hydrogen) atoms. The van der Waals surface area contributed by atoms with Gasteiger partial charge in [-0.2, -0.15) is 0 Å². The van der Waals surface area contributed by atoms with Gasteiger partial charge < -0.3 is 4.74 Å². The van der Waals surface area contributed by atoms with Gasteiger partial charge in [0.15, 0.2) is 6.30 Å². The molecule has 0 N–H and O–H groups in total. The quantitative estimate of drug-likeness (QED) is 0.526. The highest BCUT2D eigenvalue weighted by molar-refractivity contribution is 5.69. The van der Waals surface area contributed by atoms with E-state index in [0.29, 0.717) is 13.0 Å². The maximum absolute atomic E-state index is 12.6. The van der Waals surface area contributed by atoms with E-state index in [1.54, 1.807) is 20.8 Å². The molecule has 0 aromatic carbocycles. The number of ether oxygens (including phenoxy) is 1. The Balaban J connectivity index is 2.39. The summed E-state index contributed by atoms with van der Waals surface area (Å²) in [6, 6.07) is 0. The molecule has 1 amide bonds. The van der Waals surface area contributed by atoms with E-state index in [2.05, 4.69) is 0 Å². The minimum atomic E-state index is -1.14. The van der Waals surface area contributed by atoms with Crippen LogP contribution in [-0.4, -0.2) is 29.4 Å². The van der Waals surface area contributed by atoms with Gasteiger partial charge in [-0.3, -0.25) is 4.90 Å². The molecule has 0 spiro atoms. The van der Waals surface area contributed by atoms with Gasteiger partial charge in [0.25, 0.3) is 0 Å². The molecule has 0 aromatic rings. The van der Waals surface area contributed by atoms with Crippen LogP contribution in [0.1, 0.15) is 27.2 Å². The molecule has 0 saturated carbocycles. The summed E-state index contributed by atoms with van der Waals surface area (Å²) in [6.07, 6.45) is -1.26. The summed E-state index contributed by atoms with van der Waals surface area (Å²) in [7, 11) is 0. The van der Waals surface area contributed by atoms with Gasteiger partial charge in [-0.1, -0.05) is 0 Å². The van der Waals surface area contributed by atoms with Gasteiger partial charge in [0.05, 0.1) is 0 Å². The maximum atomic E-state index is 12.6. The molecule has 0 aromatic heterocycles. The zero-order chi connectivity index (χ0) is 9.35. The predicted molar refractivity (Wildman–Crippen MR) is 42.5 cm³/mol. The van der Waals surface area contributed by atoms with Crippen molar-refractivity contribution in [1.29, 1.82) is 0 Å². The Hall–Kier alpha value is -0.800. The van der Waals surface area contributed by atoms with Crippen molar-refractivity contribution in [1.82, 2.24) is 4.90 Å². The average molecular weight is 175 g/mol. The van der Waals surface area contributed by atoms with Crippen molar-refractivity contribution in [2.24, 2.45) is 0 Å². The first-order valence-electron chi connectivity index (χ1n) is 4.04. The number of hydrogen-bond acceptors (Lipinski definition) is 2. The number of rotatable bonds is 0. The van der Waals surface area contributed by atoms with Gasteiger partial charge >= 0.3 is 6.09 Å². The van der Waals surface area contributed by atoms with E-state index in [1.165, 1.54) is 0 Å². The number of carbonyl (C=O) groups is 1. The van der Waals surface area contributed by atoms with Gasteiger partial charge in [-0.15, -0.1) is 0 Å². The number of halogens is 1. The van der Waals surface area contributed by atoms with E-state index in [4.69, 9.17) is 4.74 Å². The van der Waals surface area contributed by atoms with Gasteiger partial charge in [-0.25, -0.2) is 9.18 Å². The largest absolute Gasteiger partial charge is 0.444 e.